The summed E-state index contributed by atoms with van der Waals surface area (Å²) in [6.45, 7) is 1.12. The maximum Gasteiger partial charge on any atom is 0.265 e. The quantitative estimate of drug-likeness (QED) is 0.391. The first-order valence-corrected chi connectivity index (χ1v) is 12.8. The highest BCUT2D eigenvalue weighted by molar-refractivity contribution is 6.40. The van der Waals surface area contributed by atoms with E-state index in [1.54, 1.807) is 22.8 Å². The molecule has 0 unspecified atom stereocenters. The van der Waals surface area contributed by atoms with Gasteiger partial charge in [-0.15, -0.1) is 0 Å². The van der Waals surface area contributed by atoms with Crippen molar-refractivity contribution in [1.82, 2.24) is 9.47 Å². The number of rotatable bonds is 5. The lowest BCUT2D eigenvalue weighted by Crippen LogP contribution is -2.26. The molecule has 174 valence electrons. The molecule has 0 radical (unpaired) electrons. The number of ether oxygens (including phenoxy) is 1. The molecule has 33 heavy (non-hydrogen) atoms. The lowest BCUT2D eigenvalue weighted by Gasteiger charge is -2.23. The summed E-state index contributed by atoms with van der Waals surface area (Å²) in [4.78, 5) is 16.0. The second-order valence-electron chi connectivity index (χ2n) is 9.46. The van der Waals surface area contributed by atoms with Gasteiger partial charge in [-0.25, -0.2) is 0 Å². The summed E-state index contributed by atoms with van der Waals surface area (Å²) in [5, 5.41) is 1.80. The molecule has 2 aliphatic rings. The predicted molar refractivity (Wildman–Crippen MR) is 135 cm³/mol. The van der Waals surface area contributed by atoms with Gasteiger partial charge < -0.3 is 9.64 Å². The van der Waals surface area contributed by atoms with Crippen molar-refractivity contribution in [2.45, 2.75) is 63.5 Å². The molecule has 5 rings (SSSR count). The molecule has 2 aromatic carbocycles. The van der Waals surface area contributed by atoms with E-state index in [9.17, 15) is 4.79 Å². The Morgan fingerprint density at radius 2 is 1.79 bits per heavy atom. The fourth-order valence-corrected chi connectivity index (χ4v) is 5.93. The molecule has 2 fully saturated rings. The lowest BCUT2D eigenvalue weighted by molar-refractivity contribution is 0.0965. The Hall–Kier alpha value is -2.01. The minimum atomic E-state index is -0.206. The van der Waals surface area contributed by atoms with Crippen molar-refractivity contribution >= 4 is 40.0 Å². The number of halogens is 2. The van der Waals surface area contributed by atoms with Gasteiger partial charge in [0, 0.05) is 17.6 Å². The van der Waals surface area contributed by atoms with Crippen molar-refractivity contribution in [2.75, 3.05) is 13.6 Å². The van der Waals surface area contributed by atoms with Crippen LogP contribution >= 0.6 is 23.2 Å². The molecule has 1 saturated carbocycles. The highest BCUT2D eigenvalue weighted by Crippen LogP contribution is 2.33. The average Bonchev–Trinajstić information content (AvgIpc) is 3.38. The maximum atomic E-state index is 13.6. The van der Waals surface area contributed by atoms with E-state index in [4.69, 9.17) is 27.9 Å². The van der Waals surface area contributed by atoms with Crippen LogP contribution in [-0.2, 0) is 6.42 Å². The van der Waals surface area contributed by atoms with Crippen molar-refractivity contribution in [3.8, 4) is 5.75 Å². The van der Waals surface area contributed by atoms with E-state index >= 15 is 0 Å². The van der Waals surface area contributed by atoms with Crippen LogP contribution in [0.15, 0.2) is 42.6 Å². The molecule has 1 saturated heterocycles. The van der Waals surface area contributed by atoms with E-state index < -0.39 is 0 Å². The largest absolute Gasteiger partial charge is 0.490 e. The second-order valence-corrected chi connectivity index (χ2v) is 10.3. The Balaban J connectivity index is 1.55. The Bertz CT molecular complexity index is 1150. The zero-order valence-corrected chi connectivity index (χ0v) is 20.5. The molecule has 4 nitrogen and oxygen atoms in total. The van der Waals surface area contributed by atoms with Gasteiger partial charge in [0.25, 0.3) is 5.91 Å². The Morgan fingerprint density at radius 1 is 1.03 bits per heavy atom. The molecule has 6 heteroatoms. The number of nitrogens with zero attached hydrogens (tertiary/aromatic N) is 2. The third-order valence-corrected chi connectivity index (χ3v) is 7.87. The second kappa shape index (κ2) is 9.69. The maximum absolute atomic E-state index is 13.6. The van der Waals surface area contributed by atoms with Gasteiger partial charge in [0.1, 0.15) is 5.75 Å². The van der Waals surface area contributed by atoms with Crippen LogP contribution in [0.25, 0.3) is 10.9 Å². The number of likely N-dealkylation sites (N-methyl/N-ethyl adjacent to an activating group) is 1. The smallest absolute Gasteiger partial charge is 0.265 e. The highest BCUT2D eigenvalue weighted by atomic mass is 35.5. The number of carbonyl (C=O) groups excluding carboxylic acids is 1. The topological polar surface area (TPSA) is 34.5 Å². The SMILES string of the molecule is CN1CCC[C@@H]1Cc1cn(C(=O)c2c(Cl)cccc2Cl)c2ccc(OC3CCCCC3)cc12. The molecular formula is C27H30Cl2N2O2. The Kier molecular flexibility index (Phi) is 6.69. The van der Waals surface area contributed by atoms with Crippen molar-refractivity contribution < 1.29 is 9.53 Å². The molecule has 0 bridgehead atoms. The van der Waals surface area contributed by atoms with E-state index in [1.165, 1.54) is 32.1 Å². The van der Waals surface area contributed by atoms with Gasteiger partial charge in [-0.05, 0) is 94.4 Å². The van der Waals surface area contributed by atoms with Crippen molar-refractivity contribution in [3.63, 3.8) is 0 Å². The summed E-state index contributed by atoms with van der Waals surface area (Å²) in [7, 11) is 2.18. The van der Waals surface area contributed by atoms with Crippen molar-refractivity contribution in [1.29, 1.82) is 0 Å². The summed E-state index contributed by atoms with van der Waals surface area (Å²) in [6, 6.07) is 11.7. The van der Waals surface area contributed by atoms with Crippen LogP contribution in [-0.4, -0.2) is 41.1 Å². The predicted octanol–water partition coefficient (Wildman–Crippen LogP) is 6.98. The molecular weight excluding hydrogens is 455 g/mol. The number of likely N-dealkylation sites (tertiary alicyclic amines) is 1. The molecule has 1 aliphatic heterocycles. The van der Waals surface area contributed by atoms with Crippen LogP contribution in [0.2, 0.25) is 10.0 Å². The van der Waals surface area contributed by atoms with Gasteiger partial charge in [0.05, 0.1) is 27.2 Å². The molecule has 1 aliphatic carbocycles. The summed E-state index contributed by atoms with van der Waals surface area (Å²) in [6.07, 6.45) is 11.5. The number of hydrogen-bond donors (Lipinski definition) is 0. The van der Waals surface area contributed by atoms with E-state index in [2.05, 4.69) is 18.0 Å². The van der Waals surface area contributed by atoms with Crippen LogP contribution in [0.5, 0.6) is 5.75 Å². The third-order valence-electron chi connectivity index (χ3n) is 7.24. The van der Waals surface area contributed by atoms with Gasteiger partial charge in [0.15, 0.2) is 0 Å². The molecule has 0 N–H and O–H groups in total. The first kappa shape index (κ1) is 22.8. The number of hydrogen-bond acceptors (Lipinski definition) is 3. The van der Waals surface area contributed by atoms with E-state index in [1.807, 2.05) is 18.3 Å². The Morgan fingerprint density at radius 3 is 2.48 bits per heavy atom. The Labute approximate surface area is 205 Å². The van der Waals surface area contributed by atoms with Crippen LogP contribution in [0, 0.1) is 0 Å². The van der Waals surface area contributed by atoms with E-state index in [0.717, 1.165) is 48.0 Å². The number of carbonyl (C=O) groups is 1. The van der Waals surface area contributed by atoms with Crippen molar-refractivity contribution in [2.24, 2.45) is 0 Å². The van der Waals surface area contributed by atoms with Gasteiger partial charge in [-0.3, -0.25) is 9.36 Å². The van der Waals surface area contributed by atoms with Crippen LogP contribution < -0.4 is 4.74 Å². The summed E-state index contributed by atoms with van der Waals surface area (Å²) < 4.78 is 8.06. The van der Waals surface area contributed by atoms with Crippen LogP contribution in [0.1, 0.15) is 60.9 Å². The zero-order valence-electron chi connectivity index (χ0n) is 19.0. The summed E-state index contributed by atoms with van der Waals surface area (Å²) >= 11 is 12.8. The zero-order chi connectivity index (χ0) is 22.9. The summed E-state index contributed by atoms with van der Waals surface area (Å²) in [5.74, 6) is 0.680. The monoisotopic (exact) mass is 484 g/mol. The van der Waals surface area contributed by atoms with Gasteiger partial charge >= 0.3 is 0 Å². The average molecular weight is 485 g/mol. The minimum Gasteiger partial charge on any atom is -0.490 e. The van der Waals surface area contributed by atoms with Crippen LogP contribution in [0.4, 0.5) is 0 Å². The fraction of sp³-hybridized carbons (Fsp3) is 0.444. The van der Waals surface area contributed by atoms with E-state index in [-0.39, 0.29) is 12.0 Å². The molecule has 0 amide bonds. The minimum absolute atomic E-state index is 0.206. The normalized spacial score (nSPS) is 19.9. The highest BCUT2D eigenvalue weighted by Gasteiger charge is 2.25. The number of fused-ring (bicyclic) bond motifs is 1. The first-order valence-electron chi connectivity index (χ1n) is 12.0. The molecule has 0 spiro atoms. The van der Waals surface area contributed by atoms with Gasteiger partial charge in [-0.2, -0.15) is 0 Å². The molecule has 1 atom stereocenters. The number of aromatic nitrogens is 1. The number of benzene rings is 2. The fourth-order valence-electron chi connectivity index (χ4n) is 5.37. The summed E-state index contributed by atoms with van der Waals surface area (Å²) in [5.41, 5.74) is 2.36. The molecule has 3 aromatic rings. The van der Waals surface area contributed by atoms with Gasteiger partial charge in [-0.1, -0.05) is 35.7 Å². The van der Waals surface area contributed by atoms with Crippen molar-refractivity contribution in [3.05, 3.63) is 63.8 Å². The van der Waals surface area contributed by atoms with E-state index in [0.29, 0.717) is 21.7 Å². The first-order chi connectivity index (χ1) is 16.0. The van der Waals surface area contributed by atoms with Crippen LogP contribution in [0.3, 0.4) is 0 Å². The third kappa shape index (κ3) is 4.66. The van der Waals surface area contributed by atoms with Gasteiger partial charge in [0.2, 0.25) is 0 Å². The standard InChI is InChI=1S/C27H30Cl2N2O2/c1-30-14-6-7-19(30)15-18-17-31(27(32)26-23(28)10-5-11-24(26)29)25-13-12-21(16-22(18)25)33-20-8-3-2-4-9-20/h5,10-13,16-17,19-20H,2-4,6-9,14-15H2,1H3/t19-/m1/s1. The lowest BCUT2D eigenvalue weighted by atomic mass is 9.98. The molecule has 2 heterocycles. The molecule has 1 aromatic heterocycles.